The Hall–Kier alpha value is -1.99. The summed E-state index contributed by atoms with van der Waals surface area (Å²) in [6, 6.07) is 6.12. The second-order valence-corrected chi connectivity index (χ2v) is 8.53. The molecule has 7 heteroatoms. The molecule has 1 unspecified atom stereocenters. The molecule has 0 bridgehead atoms. The van der Waals surface area contributed by atoms with Crippen molar-refractivity contribution in [3.05, 3.63) is 35.8 Å². The maximum Gasteiger partial charge on any atom is 0.274 e. The van der Waals surface area contributed by atoms with Gasteiger partial charge >= 0.3 is 0 Å². The zero-order valence-electron chi connectivity index (χ0n) is 14.7. The minimum atomic E-state index is -0.316. The van der Waals surface area contributed by atoms with Gasteiger partial charge in [-0.15, -0.1) is 0 Å². The lowest BCUT2D eigenvalue weighted by molar-refractivity contribution is 0.0710. The fraction of sp³-hybridized carbons (Fsp3) is 0.474. The van der Waals surface area contributed by atoms with E-state index in [1.807, 2.05) is 4.90 Å². The molecule has 1 aromatic heterocycles. The molecule has 0 spiro atoms. The zero-order valence-corrected chi connectivity index (χ0v) is 15.5. The Balaban J connectivity index is 1.66. The SMILES string of the molecule is CC1C[C@H]2CN(C(=O)c3nc(N)sc3-c3ccc(F)cc3)[C@H](CN)[C@H]2C1. The number of carbonyl (C=O) groups is 1. The van der Waals surface area contributed by atoms with E-state index in [4.69, 9.17) is 11.5 Å². The number of hydrogen-bond acceptors (Lipinski definition) is 5. The predicted molar refractivity (Wildman–Crippen MR) is 101 cm³/mol. The fourth-order valence-electron chi connectivity index (χ4n) is 4.70. The number of amides is 1. The minimum Gasteiger partial charge on any atom is -0.375 e. The van der Waals surface area contributed by atoms with Gasteiger partial charge in [-0.05, 0) is 48.3 Å². The number of benzene rings is 1. The van der Waals surface area contributed by atoms with Gasteiger partial charge in [0.05, 0.1) is 4.88 Å². The van der Waals surface area contributed by atoms with Gasteiger partial charge in [0.1, 0.15) is 11.5 Å². The molecule has 5 nitrogen and oxygen atoms in total. The van der Waals surface area contributed by atoms with Crippen molar-refractivity contribution in [1.29, 1.82) is 0 Å². The molecule has 4 rings (SSSR count). The third-order valence-electron chi connectivity index (χ3n) is 5.77. The molecule has 4 N–H and O–H groups in total. The van der Waals surface area contributed by atoms with E-state index in [0.29, 0.717) is 40.0 Å². The molecule has 1 amide bonds. The standard InChI is InChI=1S/C19H23FN4OS/c1-10-6-12-9-24(15(8-21)14(12)7-10)18(25)16-17(26-19(22)23-16)11-2-4-13(20)5-3-11/h2-5,10,12,14-15H,6-9,21H2,1H3,(H2,22,23)/t10?,12-,14-,15+/m0/s1. The highest BCUT2D eigenvalue weighted by Crippen LogP contribution is 2.45. The molecule has 1 saturated heterocycles. The Morgan fingerprint density at radius 3 is 2.77 bits per heavy atom. The minimum absolute atomic E-state index is 0.0569. The van der Waals surface area contributed by atoms with E-state index in [0.717, 1.165) is 24.9 Å². The Kier molecular flexibility index (Phi) is 4.44. The summed E-state index contributed by atoms with van der Waals surface area (Å²) in [6.07, 6.45) is 2.27. The molecular weight excluding hydrogens is 351 g/mol. The normalized spacial score (nSPS) is 27.7. The summed E-state index contributed by atoms with van der Waals surface area (Å²) in [5.41, 5.74) is 13.0. The molecule has 1 aromatic carbocycles. The van der Waals surface area contributed by atoms with Crippen molar-refractivity contribution in [3.8, 4) is 10.4 Å². The Morgan fingerprint density at radius 1 is 1.35 bits per heavy atom. The van der Waals surface area contributed by atoms with Crippen LogP contribution in [-0.2, 0) is 0 Å². The summed E-state index contributed by atoms with van der Waals surface area (Å²) in [5.74, 6) is 1.26. The van der Waals surface area contributed by atoms with Crippen LogP contribution in [-0.4, -0.2) is 34.9 Å². The maximum atomic E-state index is 13.3. The molecule has 2 fully saturated rings. The number of nitrogens with two attached hydrogens (primary N) is 2. The zero-order chi connectivity index (χ0) is 18.4. The van der Waals surface area contributed by atoms with E-state index in [1.165, 1.54) is 23.5 Å². The monoisotopic (exact) mass is 374 g/mol. The first-order valence-corrected chi connectivity index (χ1v) is 9.82. The molecule has 2 aromatic rings. The number of thiazole rings is 1. The third-order valence-corrected chi connectivity index (χ3v) is 6.70. The summed E-state index contributed by atoms with van der Waals surface area (Å²) in [7, 11) is 0. The number of halogens is 1. The number of fused-ring (bicyclic) bond motifs is 1. The van der Waals surface area contributed by atoms with Crippen LogP contribution in [0.1, 0.15) is 30.3 Å². The first kappa shape index (κ1) is 17.4. The van der Waals surface area contributed by atoms with Crippen LogP contribution in [0, 0.1) is 23.6 Å². The number of anilines is 1. The lowest BCUT2D eigenvalue weighted by atomic mass is 9.94. The molecule has 2 aliphatic rings. The number of nitrogen functional groups attached to an aromatic ring is 1. The second-order valence-electron chi connectivity index (χ2n) is 7.50. The second kappa shape index (κ2) is 6.63. The van der Waals surface area contributed by atoms with E-state index in [-0.39, 0.29) is 17.8 Å². The highest BCUT2D eigenvalue weighted by Gasteiger charge is 2.48. The van der Waals surface area contributed by atoms with Crippen LogP contribution in [0.2, 0.25) is 0 Å². The van der Waals surface area contributed by atoms with Gasteiger partial charge in [-0.25, -0.2) is 9.37 Å². The smallest absolute Gasteiger partial charge is 0.274 e. The first-order chi connectivity index (χ1) is 12.5. The summed E-state index contributed by atoms with van der Waals surface area (Å²) < 4.78 is 13.2. The molecule has 4 atom stereocenters. The van der Waals surface area contributed by atoms with Gasteiger partial charge in [-0.1, -0.05) is 30.4 Å². The lowest BCUT2D eigenvalue weighted by Crippen LogP contribution is -2.43. The van der Waals surface area contributed by atoms with Gasteiger partial charge < -0.3 is 16.4 Å². The highest BCUT2D eigenvalue weighted by atomic mass is 32.1. The Labute approximate surface area is 156 Å². The van der Waals surface area contributed by atoms with Crippen LogP contribution in [0.3, 0.4) is 0 Å². The van der Waals surface area contributed by atoms with Crippen molar-refractivity contribution in [2.45, 2.75) is 25.8 Å². The van der Waals surface area contributed by atoms with E-state index in [2.05, 4.69) is 11.9 Å². The van der Waals surface area contributed by atoms with Crippen molar-refractivity contribution in [2.24, 2.45) is 23.5 Å². The molecule has 1 saturated carbocycles. The van der Waals surface area contributed by atoms with Crippen molar-refractivity contribution in [3.63, 3.8) is 0 Å². The molecule has 2 heterocycles. The number of likely N-dealkylation sites (tertiary alicyclic amines) is 1. The number of carbonyl (C=O) groups excluding carboxylic acids is 1. The average molecular weight is 374 g/mol. The van der Waals surface area contributed by atoms with Crippen molar-refractivity contribution >= 4 is 22.4 Å². The number of hydrogen-bond donors (Lipinski definition) is 2. The van der Waals surface area contributed by atoms with Gasteiger partial charge in [-0.3, -0.25) is 4.79 Å². The van der Waals surface area contributed by atoms with Crippen LogP contribution in [0.25, 0.3) is 10.4 Å². The molecular formula is C19H23FN4OS. The lowest BCUT2D eigenvalue weighted by Gasteiger charge is -2.27. The Bertz CT molecular complexity index is 821. The van der Waals surface area contributed by atoms with Gasteiger partial charge in [-0.2, -0.15) is 0 Å². The molecule has 0 radical (unpaired) electrons. The number of aromatic nitrogens is 1. The summed E-state index contributed by atoms with van der Waals surface area (Å²) in [4.78, 5) is 20.2. The molecule has 1 aliphatic heterocycles. The quantitative estimate of drug-likeness (QED) is 0.865. The van der Waals surface area contributed by atoms with Crippen LogP contribution in [0.5, 0.6) is 0 Å². The summed E-state index contributed by atoms with van der Waals surface area (Å²) in [5, 5.41) is 0.338. The fourth-order valence-corrected chi connectivity index (χ4v) is 5.53. The number of nitrogens with zero attached hydrogens (tertiary/aromatic N) is 2. The van der Waals surface area contributed by atoms with Crippen molar-refractivity contribution in [2.75, 3.05) is 18.8 Å². The van der Waals surface area contributed by atoms with Crippen LogP contribution >= 0.6 is 11.3 Å². The van der Waals surface area contributed by atoms with E-state index in [9.17, 15) is 9.18 Å². The third kappa shape index (κ3) is 2.89. The molecule has 138 valence electrons. The summed E-state index contributed by atoms with van der Waals surface area (Å²) >= 11 is 1.26. The van der Waals surface area contributed by atoms with Gasteiger partial charge in [0.15, 0.2) is 5.13 Å². The van der Waals surface area contributed by atoms with Gasteiger partial charge in [0.2, 0.25) is 0 Å². The van der Waals surface area contributed by atoms with Crippen molar-refractivity contribution < 1.29 is 9.18 Å². The topological polar surface area (TPSA) is 85.2 Å². The van der Waals surface area contributed by atoms with Crippen LogP contribution in [0.15, 0.2) is 24.3 Å². The molecule has 26 heavy (non-hydrogen) atoms. The van der Waals surface area contributed by atoms with E-state index in [1.54, 1.807) is 12.1 Å². The largest absolute Gasteiger partial charge is 0.375 e. The maximum absolute atomic E-state index is 13.3. The predicted octanol–water partition coefficient (Wildman–Crippen LogP) is 2.98. The molecule has 1 aliphatic carbocycles. The summed E-state index contributed by atoms with van der Waals surface area (Å²) in [6.45, 7) is 3.47. The van der Waals surface area contributed by atoms with Crippen LogP contribution in [0.4, 0.5) is 9.52 Å². The Morgan fingerprint density at radius 2 is 2.08 bits per heavy atom. The van der Waals surface area contributed by atoms with E-state index < -0.39 is 0 Å². The number of rotatable bonds is 3. The van der Waals surface area contributed by atoms with E-state index >= 15 is 0 Å². The highest BCUT2D eigenvalue weighted by molar-refractivity contribution is 7.19. The van der Waals surface area contributed by atoms with Crippen LogP contribution < -0.4 is 11.5 Å². The average Bonchev–Trinajstić information content (AvgIpc) is 3.26. The van der Waals surface area contributed by atoms with Crippen molar-refractivity contribution in [1.82, 2.24) is 9.88 Å². The van der Waals surface area contributed by atoms with Gasteiger partial charge in [0, 0.05) is 19.1 Å². The van der Waals surface area contributed by atoms with Gasteiger partial charge in [0.25, 0.3) is 5.91 Å². The first-order valence-electron chi connectivity index (χ1n) is 9.01.